The Morgan fingerprint density at radius 2 is 1.76 bits per heavy atom. The second kappa shape index (κ2) is 9.61. The maximum atomic E-state index is 11.9. The van der Waals surface area contributed by atoms with Gasteiger partial charge in [0.2, 0.25) is 0 Å². The van der Waals surface area contributed by atoms with Crippen molar-refractivity contribution in [1.29, 1.82) is 0 Å². The summed E-state index contributed by atoms with van der Waals surface area (Å²) in [7, 11) is 0. The zero-order chi connectivity index (χ0) is 20.6. The largest absolute Gasteiger partial charge is 0.484 e. The summed E-state index contributed by atoms with van der Waals surface area (Å²) in [5.74, 6) is 0.118. The van der Waals surface area contributed by atoms with Gasteiger partial charge in [0.15, 0.2) is 6.61 Å². The van der Waals surface area contributed by atoms with E-state index in [0.717, 1.165) is 11.1 Å². The SMILES string of the molecule is O=C(COc1ccc(-c2ccccc2)cc1)N/N=C\c1ccc(Br)c([N+](=O)[O-])c1. The van der Waals surface area contributed by atoms with Crippen LogP contribution in [-0.2, 0) is 4.79 Å². The summed E-state index contributed by atoms with van der Waals surface area (Å²) >= 11 is 3.11. The predicted octanol–water partition coefficient (Wildman–Crippen LogP) is 4.55. The topological polar surface area (TPSA) is 93.8 Å². The van der Waals surface area contributed by atoms with Crippen molar-refractivity contribution in [3.05, 3.63) is 92.9 Å². The number of amides is 1. The Morgan fingerprint density at radius 1 is 1.07 bits per heavy atom. The van der Waals surface area contributed by atoms with Gasteiger partial charge in [-0.25, -0.2) is 5.43 Å². The fourth-order valence-electron chi connectivity index (χ4n) is 2.48. The van der Waals surface area contributed by atoms with E-state index in [1.807, 2.05) is 42.5 Å². The van der Waals surface area contributed by atoms with Crippen LogP contribution in [0.15, 0.2) is 82.4 Å². The molecule has 7 nitrogen and oxygen atoms in total. The first-order valence-electron chi connectivity index (χ1n) is 8.57. The van der Waals surface area contributed by atoms with Gasteiger partial charge < -0.3 is 4.74 Å². The number of rotatable bonds is 7. The quantitative estimate of drug-likeness (QED) is 0.322. The molecule has 29 heavy (non-hydrogen) atoms. The molecule has 0 fully saturated rings. The molecule has 0 saturated carbocycles. The molecule has 3 aromatic carbocycles. The highest BCUT2D eigenvalue weighted by Crippen LogP contribution is 2.25. The smallest absolute Gasteiger partial charge is 0.284 e. The lowest BCUT2D eigenvalue weighted by Crippen LogP contribution is -2.24. The van der Waals surface area contributed by atoms with E-state index in [9.17, 15) is 14.9 Å². The van der Waals surface area contributed by atoms with Gasteiger partial charge in [-0.05, 0) is 45.3 Å². The Bertz CT molecular complexity index is 1040. The van der Waals surface area contributed by atoms with Gasteiger partial charge in [0.05, 0.1) is 15.6 Å². The van der Waals surface area contributed by atoms with Crippen LogP contribution >= 0.6 is 15.9 Å². The number of carbonyl (C=O) groups is 1. The Hall–Kier alpha value is -3.52. The fraction of sp³-hybridized carbons (Fsp3) is 0.0476. The lowest BCUT2D eigenvalue weighted by atomic mass is 10.1. The first-order valence-corrected chi connectivity index (χ1v) is 9.36. The van der Waals surface area contributed by atoms with Crippen molar-refractivity contribution in [2.75, 3.05) is 6.61 Å². The van der Waals surface area contributed by atoms with Gasteiger partial charge in [-0.2, -0.15) is 5.10 Å². The van der Waals surface area contributed by atoms with Gasteiger partial charge in [-0.1, -0.05) is 48.5 Å². The van der Waals surface area contributed by atoms with Crippen molar-refractivity contribution in [3.8, 4) is 16.9 Å². The molecule has 0 aliphatic heterocycles. The zero-order valence-corrected chi connectivity index (χ0v) is 16.7. The highest BCUT2D eigenvalue weighted by atomic mass is 79.9. The van der Waals surface area contributed by atoms with E-state index in [0.29, 0.717) is 15.8 Å². The molecule has 1 N–H and O–H groups in total. The molecule has 0 bridgehead atoms. The minimum absolute atomic E-state index is 0.0810. The molecule has 0 aliphatic carbocycles. The van der Waals surface area contributed by atoms with Crippen molar-refractivity contribution >= 4 is 33.7 Å². The molecule has 0 saturated heterocycles. The van der Waals surface area contributed by atoms with Crippen LogP contribution in [0.5, 0.6) is 5.75 Å². The third-order valence-electron chi connectivity index (χ3n) is 3.90. The molecule has 0 aliphatic rings. The Morgan fingerprint density at radius 3 is 2.45 bits per heavy atom. The van der Waals surface area contributed by atoms with E-state index in [1.165, 1.54) is 12.3 Å². The molecule has 1 amide bonds. The van der Waals surface area contributed by atoms with Crippen LogP contribution in [0, 0.1) is 10.1 Å². The lowest BCUT2D eigenvalue weighted by Gasteiger charge is -2.06. The number of nitro groups is 1. The monoisotopic (exact) mass is 453 g/mol. The third kappa shape index (κ3) is 5.73. The summed E-state index contributed by atoms with van der Waals surface area (Å²) in [4.78, 5) is 22.3. The van der Waals surface area contributed by atoms with E-state index in [2.05, 4.69) is 26.5 Å². The minimum atomic E-state index is -0.503. The van der Waals surface area contributed by atoms with Crippen molar-refractivity contribution in [2.24, 2.45) is 5.10 Å². The molecule has 0 heterocycles. The van der Waals surface area contributed by atoms with Gasteiger partial charge in [0.25, 0.3) is 11.6 Å². The number of nitro benzene ring substituents is 1. The molecule has 0 atom stereocenters. The highest BCUT2D eigenvalue weighted by Gasteiger charge is 2.11. The summed E-state index contributed by atoms with van der Waals surface area (Å²) in [5, 5.41) is 14.7. The lowest BCUT2D eigenvalue weighted by molar-refractivity contribution is -0.385. The number of nitrogens with one attached hydrogen (secondary N) is 1. The number of hydrogen-bond donors (Lipinski definition) is 1. The van der Waals surface area contributed by atoms with Crippen LogP contribution in [0.1, 0.15) is 5.56 Å². The maximum absolute atomic E-state index is 11.9. The summed E-state index contributed by atoms with van der Waals surface area (Å²) in [6, 6.07) is 21.9. The number of hydrazone groups is 1. The van der Waals surface area contributed by atoms with Crippen LogP contribution in [0.4, 0.5) is 5.69 Å². The van der Waals surface area contributed by atoms with Gasteiger partial charge >= 0.3 is 0 Å². The van der Waals surface area contributed by atoms with E-state index < -0.39 is 10.8 Å². The van der Waals surface area contributed by atoms with Gasteiger partial charge in [-0.3, -0.25) is 14.9 Å². The van der Waals surface area contributed by atoms with E-state index in [-0.39, 0.29) is 12.3 Å². The highest BCUT2D eigenvalue weighted by molar-refractivity contribution is 9.10. The molecule has 0 unspecified atom stereocenters. The predicted molar refractivity (Wildman–Crippen MR) is 114 cm³/mol. The standard InChI is InChI=1S/C21H16BrN3O4/c22-19-11-6-15(12-20(19)25(27)28)13-23-24-21(26)14-29-18-9-7-17(8-10-18)16-4-2-1-3-5-16/h1-13H,14H2,(H,24,26)/b23-13-. The average molecular weight is 454 g/mol. The van der Waals surface area contributed by atoms with Crippen molar-refractivity contribution in [2.45, 2.75) is 0 Å². The molecule has 146 valence electrons. The number of carbonyl (C=O) groups excluding carboxylic acids is 1. The Kier molecular flexibility index (Phi) is 6.70. The van der Waals surface area contributed by atoms with E-state index in [1.54, 1.807) is 24.3 Å². The number of nitrogens with zero attached hydrogens (tertiary/aromatic N) is 2. The number of ether oxygens (including phenoxy) is 1. The van der Waals surface area contributed by atoms with E-state index in [4.69, 9.17) is 4.74 Å². The van der Waals surface area contributed by atoms with Crippen LogP contribution in [0.25, 0.3) is 11.1 Å². The Balaban J connectivity index is 1.51. The molecule has 3 rings (SSSR count). The van der Waals surface area contributed by atoms with E-state index >= 15 is 0 Å². The fourth-order valence-corrected chi connectivity index (χ4v) is 2.88. The van der Waals surface area contributed by atoms with Crippen molar-refractivity contribution in [3.63, 3.8) is 0 Å². The van der Waals surface area contributed by atoms with Gasteiger partial charge in [-0.15, -0.1) is 0 Å². The second-order valence-electron chi connectivity index (χ2n) is 5.94. The number of benzene rings is 3. The van der Waals surface area contributed by atoms with Gasteiger partial charge in [0.1, 0.15) is 5.75 Å². The van der Waals surface area contributed by atoms with Gasteiger partial charge in [0, 0.05) is 11.6 Å². The third-order valence-corrected chi connectivity index (χ3v) is 4.57. The van der Waals surface area contributed by atoms with Crippen LogP contribution in [-0.4, -0.2) is 23.7 Å². The summed E-state index contributed by atoms with van der Waals surface area (Å²) < 4.78 is 5.82. The molecule has 3 aromatic rings. The average Bonchev–Trinajstić information content (AvgIpc) is 2.74. The summed E-state index contributed by atoms with van der Waals surface area (Å²) in [6.07, 6.45) is 1.33. The molecule has 0 spiro atoms. The molecule has 8 heteroatoms. The number of halogens is 1. The summed E-state index contributed by atoms with van der Waals surface area (Å²) in [5.41, 5.74) is 4.88. The van der Waals surface area contributed by atoms with Crippen LogP contribution < -0.4 is 10.2 Å². The molecule has 0 radical (unpaired) electrons. The van der Waals surface area contributed by atoms with Crippen molar-refractivity contribution in [1.82, 2.24) is 5.43 Å². The zero-order valence-electron chi connectivity index (χ0n) is 15.1. The molecular formula is C21H16BrN3O4. The number of hydrogen-bond acceptors (Lipinski definition) is 5. The molecule has 0 aromatic heterocycles. The normalized spacial score (nSPS) is 10.7. The minimum Gasteiger partial charge on any atom is -0.484 e. The second-order valence-corrected chi connectivity index (χ2v) is 6.79. The maximum Gasteiger partial charge on any atom is 0.284 e. The first-order chi connectivity index (χ1) is 14.0. The Labute approximate surface area is 175 Å². The first kappa shape index (κ1) is 20.2. The van der Waals surface area contributed by atoms with Crippen molar-refractivity contribution < 1.29 is 14.5 Å². The van der Waals surface area contributed by atoms with Crippen LogP contribution in [0.3, 0.4) is 0 Å². The van der Waals surface area contributed by atoms with Crippen LogP contribution in [0.2, 0.25) is 0 Å². The molecular weight excluding hydrogens is 438 g/mol. The summed E-state index contributed by atoms with van der Waals surface area (Å²) in [6.45, 7) is -0.206.